The zero-order valence-electron chi connectivity index (χ0n) is 10.9. The van der Waals surface area contributed by atoms with Crippen LogP contribution in [0.15, 0.2) is 18.2 Å². The van der Waals surface area contributed by atoms with Gasteiger partial charge in [-0.3, -0.25) is 4.79 Å². The molecule has 3 nitrogen and oxygen atoms in total. The first-order valence-corrected chi connectivity index (χ1v) is 6.18. The van der Waals surface area contributed by atoms with Crippen LogP contribution in [-0.2, 0) is 4.74 Å². The molecule has 1 saturated heterocycles. The van der Waals surface area contributed by atoms with E-state index in [1.165, 1.54) is 19.1 Å². The van der Waals surface area contributed by atoms with Gasteiger partial charge in [0.1, 0.15) is 5.82 Å². The third-order valence-corrected chi connectivity index (χ3v) is 3.10. The summed E-state index contributed by atoms with van der Waals surface area (Å²) in [6.45, 7) is 6.90. The first-order valence-electron chi connectivity index (χ1n) is 6.18. The zero-order chi connectivity index (χ0) is 13.3. The number of morpholine rings is 1. The van der Waals surface area contributed by atoms with Crippen LogP contribution in [0.4, 0.5) is 10.1 Å². The third kappa shape index (κ3) is 2.70. The molecule has 2 unspecified atom stereocenters. The fourth-order valence-electron chi connectivity index (χ4n) is 2.44. The van der Waals surface area contributed by atoms with Gasteiger partial charge >= 0.3 is 0 Å². The lowest BCUT2D eigenvalue weighted by Crippen LogP contribution is -2.46. The van der Waals surface area contributed by atoms with Gasteiger partial charge in [0.25, 0.3) is 0 Å². The Bertz CT molecular complexity index is 451. The molecule has 0 aliphatic carbocycles. The largest absolute Gasteiger partial charge is 0.372 e. The lowest BCUT2D eigenvalue weighted by atomic mass is 10.1. The van der Waals surface area contributed by atoms with Crippen LogP contribution >= 0.6 is 0 Å². The maximum Gasteiger partial charge on any atom is 0.161 e. The highest BCUT2D eigenvalue weighted by molar-refractivity contribution is 5.99. The number of hydrogen-bond acceptors (Lipinski definition) is 3. The average molecular weight is 251 g/mol. The Balaban J connectivity index is 2.35. The van der Waals surface area contributed by atoms with E-state index >= 15 is 0 Å². The lowest BCUT2D eigenvalue weighted by molar-refractivity contribution is -0.00526. The molecular weight excluding hydrogens is 233 g/mol. The predicted molar refractivity (Wildman–Crippen MR) is 68.6 cm³/mol. The molecule has 0 bridgehead atoms. The van der Waals surface area contributed by atoms with E-state index in [4.69, 9.17) is 4.74 Å². The molecule has 1 fully saturated rings. The Morgan fingerprint density at radius 1 is 1.33 bits per heavy atom. The number of halogens is 1. The van der Waals surface area contributed by atoms with Crippen LogP contribution in [0.3, 0.4) is 0 Å². The number of nitrogens with zero attached hydrogens (tertiary/aromatic N) is 1. The van der Waals surface area contributed by atoms with E-state index < -0.39 is 0 Å². The van der Waals surface area contributed by atoms with E-state index in [2.05, 4.69) is 4.90 Å². The van der Waals surface area contributed by atoms with Crippen molar-refractivity contribution in [1.29, 1.82) is 0 Å². The maximum absolute atomic E-state index is 13.2. The molecule has 1 aliphatic heterocycles. The van der Waals surface area contributed by atoms with Gasteiger partial charge in [0.15, 0.2) is 5.78 Å². The normalized spacial score (nSPS) is 24.1. The fourth-order valence-corrected chi connectivity index (χ4v) is 2.44. The van der Waals surface area contributed by atoms with E-state index in [9.17, 15) is 9.18 Å². The van der Waals surface area contributed by atoms with Crippen LogP contribution in [0.1, 0.15) is 31.1 Å². The number of carbonyl (C=O) groups is 1. The molecule has 18 heavy (non-hydrogen) atoms. The summed E-state index contributed by atoms with van der Waals surface area (Å²) < 4.78 is 18.9. The Morgan fingerprint density at radius 2 is 1.94 bits per heavy atom. The van der Waals surface area contributed by atoms with Crippen molar-refractivity contribution in [2.24, 2.45) is 0 Å². The molecule has 2 rings (SSSR count). The smallest absolute Gasteiger partial charge is 0.161 e. The highest BCUT2D eigenvalue weighted by atomic mass is 19.1. The topological polar surface area (TPSA) is 29.5 Å². The quantitative estimate of drug-likeness (QED) is 0.757. The van der Waals surface area contributed by atoms with E-state index in [-0.39, 0.29) is 23.8 Å². The molecule has 1 aromatic carbocycles. The Hall–Kier alpha value is -1.42. The third-order valence-electron chi connectivity index (χ3n) is 3.10. The molecule has 0 radical (unpaired) electrons. The number of ketones is 1. The van der Waals surface area contributed by atoms with E-state index in [0.717, 1.165) is 18.8 Å². The van der Waals surface area contributed by atoms with Crippen molar-refractivity contribution in [1.82, 2.24) is 0 Å². The number of rotatable bonds is 2. The maximum atomic E-state index is 13.2. The van der Waals surface area contributed by atoms with Gasteiger partial charge in [0.2, 0.25) is 0 Å². The second kappa shape index (κ2) is 5.06. The molecule has 4 heteroatoms. The average Bonchev–Trinajstić information content (AvgIpc) is 2.27. The summed E-state index contributed by atoms with van der Waals surface area (Å²) in [4.78, 5) is 13.7. The van der Waals surface area contributed by atoms with Crippen LogP contribution in [0.25, 0.3) is 0 Å². The molecule has 0 saturated carbocycles. The number of benzene rings is 1. The van der Waals surface area contributed by atoms with Crippen molar-refractivity contribution in [3.05, 3.63) is 29.6 Å². The van der Waals surface area contributed by atoms with Crippen LogP contribution in [-0.4, -0.2) is 31.1 Å². The van der Waals surface area contributed by atoms with E-state index in [1.54, 1.807) is 6.07 Å². The van der Waals surface area contributed by atoms with Crippen LogP contribution in [0.2, 0.25) is 0 Å². The molecule has 0 amide bonds. The van der Waals surface area contributed by atoms with Gasteiger partial charge in [-0.2, -0.15) is 0 Å². The minimum atomic E-state index is -0.377. The summed E-state index contributed by atoms with van der Waals surface area (Å²) in [5.74, 6) is -0.491. The van der Waals surface area contributed by atoms with Crippen LogP contribution in [0.5, 0.6) is 0 Å². The van der Waals surface area contributed by atoms with Gasteiger partial charge in [-0.15, -0.1) is 0 Å². The number of anilines is 1. The van der Waals surface area contributed by atoms with Gasteiger partial charge in [0.05, 0.1) is 12.2 Å². The number of carbonyl (C=O) groups excluding carboxylic acids is 1. The molecule has 0 spiro atoms. The minimum Gasteiger partial charge on any atom is -0.372 e. The number of Topliss-reactive ketones (excluding diaryl/α,β-unsaturated/α-hetero) is 1. The second-order valence-corrected chi connectivity index (χ2v) is 4.88. The van der Waals surface area contributed by atoms with Crippen molar-refractivity contribution in [3.63, 3.8) is 0 Å². The summed E-state index contributed by atoms with van der Waals surface area (Å²) in [6.07, 6.45) is 0.220. The van der Waals surface area contributed by atoms with Crippen molar-refractivity contribution < 1.29 is 13.9 Å². The van der Waals surface area contributed by atoms with Gasteiger partial charge in [-0.1, -0.05) is 0 Å². The fraction of sp³-hybridized carbons (Fsp3) is 0.500. The van der Waals surface area contributed by atoms with Crippen molar-refractivity contribution in [3.8, 4) is 0 Å². The monoisotopic (exact) mass is 251 g/mol. The summed E-state index contributed by atoms with van der Waals surface area (Å²) in [7, 11) is 0. The predicted octanol–water partition coefficient (Wildman–Crippen LogP) is 2.64. The molecule has 1 heterocycles. The van der Waals surface area contributed by atoms with Gasteiger partial charge in [-0.25, -0.2) is 4.39 Å². The molecular formula is C14H18FNO2. The number of hydrogen-bond donors (Lipinski definition) is 0. The zero-order valence-corrected chi connectivity index (χ0v) is 10.9. The van der Waals surface area contributed by atoms with E-state index in [1.807, 2.05) is 13.8 Å². The highest BCUT2D eigenvalue weighted by Gasteiger charge is 2.24. The molecule has 1 aliphatic rings. The van der Waals surface area contributed by atoms with Gasteiger partial charge in [0, 0.05) is 24.3 Å². The summed E-state index contributed by atoms with van der Waals surface area (Å²) >= 11 is 0. The summed E-state index contributed by atoms with van der Waals surface area (Å²) in [5.41, 5.74) is 1.24. The van der Waals surface area contributed by atoms with Crippen molar-refractivity contribution >= 4 is 11.5 Å². The molecule has 0 aromatic heterocycles. The van der Waals surface area contributed by atoms with Gasteiger partial charge in [-0.05, 0) is 39.0 Å². The first-order chi connectivity index (χ1) is 8.47. The van der Waals surface area contributed by atoms with Gasteiger partial charge < -0.3 is 9.64 Å². The lowest BCUT2D eigenvalue weighted by Gasteiger charge is -2.37. The molecule has 1 aromatic rings. The summed E-state index contributed by atoms with van der Waals surface area (Å²) in [5, 5.41) is 0. The van der Waals surface area contributed by atoms with Crippen molar-refractivity contribution in [2.45, 2.75) is 33.0 Å². The van der Waals surface area contributed by atoms with Crippen LogP contribution < -0.4 is 4.90 Å². The standard InChI is InChI=1S/C14H18FNO2/c1-9-7-16(8-10(2)18-9)14-5-4-12(15)6-13(14)11(3)17/h4-6,9-10H,7-8H2,1-3H3. The Labute approximate surface area is 107 Å². The Morgan fingerprint density at radius 3 is 2.50 bits per heavy atom. The number of ether oxygens (including phenoxy) is 1. The van der Waals surface area contributed by atoms with E-state index in [0.29, 0.717) is 5.56 Å². The second-order valence-electron chi connectivity index (χ2n) is 4.88. The Kier molecular flexibility index (Phi) is 3.66. The highest BCUT2D eigenvalue weighted by Crippen LogP contribution is 2.25. The SMILES string of the molecule is CC(=O)c1cc(F)ccc1N1CC(C)OC(C)C1. The molecule has 98 valence electrons. The minimum absolute atomic E-state index is 0.110. The van der Waals surface area contributed by atoms with Crippen molar-refractivity contribution in [2.75, 3.05) is 18.0 Å². The summed E-state index contributed by atoms with van der Waals surface area (Å²) in [6, 6.07) is 4.38. The molecule has 0 N–H and O–H groups in total. The van der Waals surface area contributed by atoms with Crippen LogP contribution in [0, 0.1) is 5.82 Å². The molecule has 2 atom stereocenters. The first kappa shape index (κ1) is 13.0.